The van der Waals surface area contributed by atoms with E-state index in [1.165, 1.54) is 4.90 Å². The lowest BCUT2D eigenvalue weighted by Gasteiger charge is -2.26. The Morgan fingerprint density at radius 2 is 2.24 bits per heavy atom. The molecule has 0 aliphatic carbocycles. The Labute approximate surface area is 122 Å². The standard InChI is InChI=1S/C13H22F3N3O2/c1-12(8-21-6-10(12)17)11(20)18-4-9-2-3-19(5-9)7-13(14,15)16/h9-10H,2-8,17H2,1H3,(H,18,20). The average molecular weight is 309 g/mol. The number of hydrogen-bond acceptors (Lipinski definition) is 4. The van der Waals surface area contributed by atoms with Crippen molar-refractivity contribution in [2.45, 2.75) is 25.6 Å². The van der Waals surface area contributed by atoms with Crippen LogP contribution in [0.2, 0.25) is 0 Å². The first-order valence-electron chi connectivity index (χ1n) is 7.11. The minimum atomic E-state index is -4.17. The van der Waals surface area contributed by atoms with Crippen molar-refractivity contribution in [1.82, 2.24) is 10.2 Å². The van der Waals surface area contributed by atoms with E-state index in [0.29, 0.717) is 32.7 Å². The largest absolute Gasteiger partial charge is 0.401 e. The molecule has 2 aliphatic rings. The first kappa shape index (κ1) is 16.5. The van der Waals surface area contributed by atoms with Gasteiger partial charge in [-0.15, -0.1) is 0 Å². The second-order valence-electron chi connectivity index (χ2n) is 6.25. The molecule has 2 rings (SSSR count). The van der Waals surface area contributed by atoms with E-state index in [1.54, 1.807) is 6.92 Å². The molecule has 0 aromatic carbocycles. The lowest BCUT2D eigenvalue weighted by atomic mass is 9.84. The SMILES string of the molecule is CC1(C(=O)NCC2CCN(CC(F)(F)F)C2)COCC1N. The molecule has 8 heteroatoms. The van der Waals surface area contributed by atoms with Crippen LogP contribution in [-0.2, 0) is 9.53 Å². The molecule has 5 nitrogen and oxygen atoms in total. The van der Waals surface area contributed by atoms with Crippen molar-refractivity contribution >= 4 is 5.91 Å². The predicted octanol–water partition coefficient (Wildman–Crippen LogP) is 0.351. The molecule has 2 heterocycles. The number of hydrogen-bond donors (Lipinski definition) is 2. The van der Waals surface area contributed by atoms with E-state index in [4.69, 9.17) is 10.5 Å². The topological polar surface area (TPSA) is 67.6 Å². The van der Waals surface area contributed by atoms with Crippen molar-refractivity contribution in [1.29, 1.82) is 0 Å². The number of amides is 1. The fourth-order valence-corrected chi connectivity index (χ4v) is 2.84. The number of carbonyl (C=O) groups excluding carboxylic acids is 1. The van der Waals surface area contributed by atoms with Crippen molar-refractivity contribution in [3.8, 4) is 0 Å². The fraction of sp³-hybridized carbons (Fsp3) is 0.923. The zero-order valence-electron chi connectivity index (χ0n) is 12.1. The summed E-state index contributed by atoms with van der Waals surface area (Å²) in [5.41, 5.74) is 5.12. The third kappa shape index (κ3) is 4.08. The van der Waals surface area contributed by atoms with E-state index in [0.717, 1.165) is 0 Å². The lowest BCUT2D eigenvalue weighted by Crippen LogP contribution is -2.50. The van der Waals surface area contributed by atoms with E-state index in [1.807, 2.05) is 0 Å². The number of ether oxygens (including phenoxy) is 1. The third-order valence-corrected chi connectivity index (χ3v) is 4.36. The number of likely N-dealkylation sites (tertiary alicyclic amines) is 1. The number of halogens is 3. The van der Waals surface area contributed by atoms with Crippen LogP contribution in [0.25, 0.3) is 0 Å². The van der Waals surface area contributed by atoms with Gasteiger partial charge in [-0.1, -0.05) is 0 Å². The van der Waals surface area contributed by atoms with Crippen LogP contribution in [0, 0.1) is 11.3 Å². The molecule has 2 saturated heterocycles. The summed E-state index contributed by atoms with van der Waals surface area (Å²) in [5, 5.41) is 2.81. The normalized spacial score (nSPS) is 34.3. The van der Waals surface area contributed by atoms with Crippen molar-refractivity contribution in [2.75, 3.05) is 39.4 Å². The van der Waals surface area contributed by atoms with Gasteiger partial charge in [0.1, 0.15) is 0 Å². The molecule has 0 aromatic rings. The highest BCUT2D eigenvalue weighted by molar-refractivity contribution is 5.83. The molecule has 3 atom stereocenters. The second-order valence-corrected chi connectivity index (χ2v) is 6.25. The molecule has 3 N–H and O–H groups in total. The molecule has 2 aliphatic heterocycles. The average Bonchev–Trinajstić information content (AvgIpc) is 2.93. The van der Waals surface area contributed by atoms with Gasteiger partial charge in [-0.2, -0.15) is 13.2 Å². The summed E-state index contributed by atoms with van der Waals surface area (Å²) in [7, 11) is 0. The highest BCUT2D eigenvalue weighted by Gasteiger charge is 2.44. The van der Waals surface area contributed by atoms with Crippen molar-refractivity contribution in [2.24, 2.45) is 17.1 Å². The Bertz CT molecular complexity index is 391. The second kappa shape index (κ2) is 6.10. The molecule has 3 unspecified atom stereocenters. The summed E-state index contributed by atoms with van der Waals surface area (Å²) in [4.78, 5) is 13.6. The first-order chi connectivity index (χ1) is 9.71. The maximum atomic E-state index is 12.3. The third-order valence-electron chi connectivity index (χ3n) is 4.36. The number of nitrogens with two attached hydrogens (primary N) is 1. The maximum Gasteiger partial charge on any atom is 0.401 e. The number of nitrogens with zero attached hydrogens (tertiary/aromatic N) is 1. The van der Waals surface area contributed by atoms with Gasteiger partial charge in [-0.25, -0.2) is 0 Å². The number of rotatable bonds is 4. The van der Waals surface area contributed by atoms with Gasteiger partial charge in [-0.3, -0.25) is 9.69 Å². The van der Waals surface area contributed by atoms with Crippen LogP contribution >= 0.6 is 0 Å². The van der Waals surface area contributed by atoms with E-state index < -0.39 is 18.1 Å². The van der Waals surface area contributed by atoms with Crippen LogP contribution in [0.5, 0.6) is 0 Å². The molecular formula is C13H22F3N3O2. The first-order valence-corrected chi connectivity index (χ1v) is 7.11. The van der Waals surface area contributed by atoms with Crippen LogP contribution < -0.4 is 11.1 Å². The minimum absolute atomic E-state index is 0.0541. The van der Waals surface area contributed by atoms with Gasteiger partial charge < -0.3 is 15.8 Å². The van der Waals surface area contributed by atoms with Crippen LogP contribution in [0.1, 0.15) is 13.3 Å². The molecule has 122 valence electrons. The molecule has 0 aromatic heterocycles. The smallest absolute Gasteiger partial charge is 0.379 e. The van der Waals surface area contributed by atoms with E-state index in [2.05, 4.69) is 5.32 Å². The van der Waals surface area contributed by atoms with Crippen LogP contribution in [0.15, 0.2) is 0 Å². The zero-order chi connectivity index (χ0) is 15.7. The summed E-state index contributed by atoms with van der Waals surface area (Å²) in [6.07, 6.45) is -3.50. The van der Waals surface area contributed by atoms with Gasteiger partial charge in [0.2, 0.25) is 5.91 Å². The van der Waals surface area contributed by atoms with Crippen molar-refractivity contribution < 1.29 is 22.7 Å². The van der Waals surface area contributed by atoms with Crippen LogP contribution in [0.4, 0.5) is 13.2 Å². The maximum absolute atomic E-state index is 12.3. The summed E-state index contributed by atoms with van der Waals surface area (Å²) in [6, 6.07) is -0.345. The monoisotopic (exact) mass is 309 g/mol. The minimum Gasteiger partial charge on any atom is -0.379 e. The molecular weight excluding hydrogens is 287 g/mol. The molecule has 0 radical (unpaired) electrons. The highest BCUT2D eigenvalue weighted by atomic mass is 19.4. The van der Waals surface area contributed by atoms with Crippen molar-refractivity contribution in [3.63, 3.8) is 0 Å². The van der Waals surface area contributed by atoms with E-state index >= 15 is 0 Å². The molecule has 2 fully saturated rings. The molecule has 1 amide bonds. The Hall–Kier alpha value is -0.860. The van der Waals surface area contributed by atoms with Gasteiger partial charge in [-0.05, 0) is 25.8 Å². The number of carbonyl (C=O) groups is 1. The van der Waals surface area contributed by atoms with Gasteiger partial charge in [0.15, 0.2) is 0 Å². The molecule has 0 bridgehead atoms. The van der Waals surface area contributed by atoms with Crippen molar-refractivity contribution in [3.05, 3.63) is 0 Å². The zero-order valence-corrected chi connectivity index (χ0v) is 12.1. The van der Waals surface area contributed by atoms with Gasteiger partial charge in [0.05, 0.1) is 25.2 Å². The van der Waals surface area contributed by atoms with Gasteiger partial charge >= 0.3 is 6.18 Å². The molecule has 21 heavy (non-hydrogen) atoms. The summed E-state index contributed by atoms with van der Waals surface area (Å²) in [6.45, 7) is 2.67. The Morgan fingerprint density at radius 3 is 2.81 bits per heavy atom. The highest BCUT2D eigenvalue weighted by Crippen LogP contribution is 2.27. The van der Waals surface area contributed by atoms with Crippen LogP contribution in [0.3, 0.4) is 0 Å². The number of alkyl halides is 3. The quantitative estimate of drug-likeness (QED) is 0.786. The Kier molecular flexibility index (Phi) is 4.79. The number of nitrogens with one attached hydrogen (secondary N) is 1. The predicted molar refractivity (Wildman–Crippen MR) is 70.5 cm³/mol. The van der Waals surface area contributed by atoms with Gasteiger partial charge in [0.25, 0.3) is 0 Å². The van der Waals surface area contributed by atoms with Crippen LogP contribution in [-0.4, -0.2) is 62.4 Å². The Balaban J connectivity index is 1.76. The summed E-state index contributed by atoms with van der Waals surface area (Å²) < 4.78 is 42.1. The Morgan fingerprint density at radius 1 is 1.52 bits per heavy atom. The fourth-order valence-electron chi connectivity index (χ4n) is 2.84. The molecule has 0 saturated carbocycles. The van der Waals surface area contributed by atoms with E-state index in [9.17, 15) is 18.0 Å². The van der Waals surface area contributed by atoms with E-state index in [-0.39, 0.29) is 24.5 Å². The molecule has 0 spiro atoms. The summed E-state index contributed by atoms with van der Waals surface area (Å²) >= 11 is 0. The summed E-state index contributed by atoms with van der Waals surface area (Å²) in [5.74, 6) is -0.125. The lowest BCUT2D eigenvalue weighted by molar-refractivity contribution is -0.144. The van der Waals surface area contributed by atoms with Gasteiger partial charge in [0, 0.05) is 19.1 Å².